The van der Waals surface area contributed by atoms with E-state index in [4.69, 9.17) is 17.4 Å². The summed E-state index contributed by atoms with van der Waals surface area (Å²) in [4.78, 5) is 24.2. The van der Waals surface area contributed by atoms with Gasteiger partial charge in [-0.2, -0.15) is 0 Å². The average Bonchev–Trinajstić information content (AvgIpc) is 2.54. The van der Waals surface area contributed by atoms with Gasteiger partial charge in [-0.3, -0.25) is 15.0 Å². The van der Waals surface area contributed by atoms with Gasteiger partial charge in [0.05, 0.1) is 6.42 Å². The lowest BCUT2D eigenvalue weighted by molar-refractivity contribution is -0.123. The molecule has 1 heterocycles. The maximum Gasteiger partial charge on any atom is 0.253 e. The molecular formula is C10H10ClN3O2. The molecule has 2 rings (SSSR count). The van der Waals surface area contributed by atoms with E-state index in [0.717, 1.165) is 11.3 Å². The summed E-state index contributed by atoms with van der Waals surface area (Å²) in [5.74, 6) is 4.45. The summed E-state index contributed by atoms with van der Waals surface area (Å²) in [5.41, 5.74) is 3.55. The molecule has 0 atom stereocenters. The van der Waals surface area contributed by atoms with Crippen molar-refractivity contribution in [3.63, 3.8) is 0 Å². The van der Waals surface area contributed by atoms with Gasteiger partial charge in [0.25, 0.3) is 5.91 Å². The smallest absolute Gasteiger partial charge is 0.253 e. The summed E-state index contributed by atoms with van der Waals surface area (Å²) in [5, 5.41) is 0.580. The Morgan fingerprint density at radius 3 is 3.00 bits per heavy atom. The van der Waals surface area contributed by atoms with Crippen LogP contribution < -0.4 is 16.2 Å². The van der Waals surface area contributed by atoms with E-state index >= 15 is 0 Å². The van der Waals surface area contributed by atoms with Gasteiger partial charge in [0.15, 0.2) is 0 Å². The fourth-order valence-corrected chi connectivity index (χ4v) is 1.91. The van der Waals surface area contributed by atoms with Gasteiger partial charge >= 0.3 is 0 Å². The lowest BCUT2D eigenvalue weighted by Crippen LogP contribution is -2.41. The number of nitrogens with one attached hydrogen (secondary N) is 1. The minimum atomic E-state index is -0.406. The number of halogens is 1. The molecule has 1 aromatic carbocycles. The molecule has 0 unspecified atom stereocenters. The van der Waals surface area contributed by atoms with E-state index in [2.05, 4.69) is 0 Å². The van der Waals surface area contributed by atoms with Crippen LogP contribution in [0.3, 0.4) is 0 Å². The molecule has 0 aromatic heterocycles. The lowest BCUT2D eigenvalue weighted by Gasteiger charge is -2.15. The van der Waals surface area contributed by atoms with Crippen LogP contribution in [0.2, 0.25) is 5.02 Å². The number of hydrogen-bond acceptors (Lipinski definition) is 3. The molecule has 84 valence electrons. The van der Waals surface area contributed by atoms with Crippen molar-refractivity contribution in [1.82, 2.24) is 5.43 Å². The summed E-state index contributed by atoms with van der Waals surface area (Å²) in [6.07, 6.45) is 0.272. The monoisotopic (exact) mass is 239 g/mol. The van der Waals surface area contributed by atoms with Gasteiger partial charge in [-0.1, -0.05) is 11.6 Å². The molecule has 0 aliphatic carbocycles. The van der Waals surface area contributed by atoms with Crippen LogP contribution in [0.15, 0.2) is 18.2 Å². The molecule has 0 bridgehead atoms. The van der Waals surface area contributed by atoms with Gasteiger partial charge in [-0.05, 0) is 23.8 Å². The molecule has 1 aromatic rings. The van der Waals surface area contributed by atoms with Crippen LogP contribution >= 0.6 is 11.6 Å². The average molecular weight is 240 g/mol. The first-order valence-corrected chi connectivity index (χ1v) is 5.08. The molecule has 6 heteroatoms. The number of rotatable bonds is 2. The van der Waals surface area contributed by atoms with E-state index in [1.165, 1.54) is 4.90 Å². The van der Waals surface area contributed by atoms with Gasteiger partial charge in [-0.15, -0.1) is 0 Å². The van der Waals surface area contributed by atoms with E-state index in [0.29, 0.717) is 5.02 Å². The van der Waals surface area contributed by atoms with Crippen LogP contribution in [-0.2, 0) is 16.0 Å². The number of carbonyl (C=O) groups excluding carboxylic acids is 2. The zero-order valence-electron chi connectivity index (χ0n) is 8.37. The van der Waals surface area contributed by atoms with Gasteiger partial charge in [0.1, 0.15) is 6.54 Å². The number of anilines is 1. The molecule has 0 spiro atoms. The largest absolute Gasteiger partial charge is 0.302 e. The Labute approximate surface area is 97.1 Å². The SMILES string of the molecule is NNC(=O)CN1C(=O)Cc2cc(Cl)ccc21. The van der Waals surface area contributed by atoms with Crippen LogP contribution in [0.5, 0.6) is 0 Å². The summed E-state index contributed by atoms with van der Waals surface area (Å²) in [6.45, 7) is -0.0655. The lowest BCUT2D eigenvalue weighted by atomic mass is 10.2. The summed E-state index contributed by atoms with van der Waals surface area (Å²) >= 11 is 5.82. The quantitative estimate of drug-likeness (QED) is 0.440. The predicted molar refractivity (Wildman–Crippen MR) is 59.8 cm³/mol. The van der Waals surface area contributed by atoms with Crippen LogP contribution in [0.1, 0.15) is 5.56 Å². The first-order valence-electron chi connectivity index (χ1n) is 4.70. The number of hydrogen-bond donors (Lipinski definition) is 2. The van der Waals surface area contributed by atoms with E-state index in [1.807, 2.05) is 5.43 Å². The number of nitrogens with two attached hydrogens (primary N) is 1. The molecule has 2 amide bonds. The third kappa shape index (κ3) is 1.87. The zero-order chi connectivity index (χ0) is 11.7. The van der Waals surface area contributed by atoms with Crippen molar-refractivity contribution >= 4 is 29.1 Å². The summed E-state index contributed by atoms with van der Waals surface area (Å²) < 4.78 is 0. The molecule has 0 saturated heterocycles. The third-order valence-corrected chi connectivity index (χ3v) is 2.67. The number of hydrazine groups is 1. The molecule has 0 saturated carbocycles. The zero-order valence-corrected chi connectivity index (χ0v) is 9.12. The number of fused-ring (bicyclic) bond motifs is 1. The van der Waals surface area contributed by atoms with E-state index in [9.17, 15) is 9.59 Å². The second-order valence-electron chi connectivity index (χ2n) is 3.50. The molecule has 1 aliphatic heterocycles. The molecule has 3 N–H and O–H groups in total. The van der Waals surface area contributed by atoms with E-state index < -0.39 is 5.91 Å². The number of amides is 2. The highest BCUT2D eigenvalue weighted by Gasteiger charge is 2.28. The Hall–Kier alpha value is -1.59. The topological polar surface area (TPSA) is 75.4 Å². The highest BCUT2D eigenvalue weighted by atomic mass is 35.5. The molecule has 5 nitrogen and oxygen atoms in total. The minimum Gasteiger partial charge on any atom is -0.302 e. The Kier molecular flexibility index (Phi) is 2.80. The van der Waals surface area contributed by atoms with Crippen molar-refractivity contribution in [2.24, 2.45) is 5.84 Å². The van der Waals surface area contributed by atoms with Crippen molar-refractivity contribution in [1.29, 1.82) is 0 Å². The van der Waals surface area contributed by atoms with Gasteiger partial charge in [0.2, 0.25) is 5.91 Å². The van der Waals surface area contributed by atoms with Crippen molar-refractivity contribution < 1.29 is 9.59 Å². The molecule has 0 fully saturated rings. The summed E-state index contributed by atoms with van der Waals surface area (Å²) in [6, 6.07) is 5.15. The molecule has 16 heavy (non-hydrogen) atoms. The molecular weight excluding hydrogens is 230 g/mol. The van der Waals surface area contributed by atoms with Crippen molar-refractivity contribution in [3.05, 3.63) is 28.8 Å². The van der Waals surface area contributed by atoms with Crippen molar-refractivity contribution in [2.45, 2.75) is 6.42 Å². The number of nitrogens with zero attached hydrogens (tertiary/aromatic N) is 1. The van der Waals surface area contributed by atoms with Gasteiger partial charge < -0.3 is 4.90 Å². The Bertz CT molecular complexity index is 461. The van der Waals surface area contributed by atoms with Gasteiger partial charge in [-0.25, -0.2) is 5.84 Å². The third-order valence-electron chi connectivity index (χ3n) is 2.44. The minimum absolute atomic E-state index is 0.0655. The second-order valence-corrected chi connectivity index (χ2v) is 3.93. The fraction of sp³-hybridized carbons (Fsp3) is 0.200. The van der Waals surface area contributed by atoms with Crippen LogP contribution in [-0.4, -0.2) is 18.4 Å². The van der Waals surface area contributed by atoms with Crippen LogP contribution in [0, 0.1) is 0 Å². The van der Waals surface area contributed by atoms with E-state index in [1.54, 1.807) is 18.2 Å². The maximum absolute atomic E-state index is 11.7. The number of carbonyl (C=O) groups is 2. The highest BCUT2D eigenvalue weighted by molar-refractivity contribution is 6.30. The van der Waals surface area contributed by atoms with Crippen LogP contribution in [0.4, 0.5) is 5.69 Å². The van der Waals surface area contributed by atoms with E-state index in [-0.39, 0.29) is 18.9 Å². The Morgan fingerprint density at radius 2 is 2.31 bits per heavy atom. The molecule has 0 radical (unpaired) electrons. The maximum atomic E-state index is 11.7. The first kappa shape index (κ1) is 10.9. The normalized spacial score (nSPS) is 13.9. The second kappa shape index (κ2) is 4.11. The highest BCUT2D eigenvalue weighted by Crippen LogP contribution is 2.30. The fourth-order valence-electron chi connectivity index (χ4n) is 1.71. The number of benzene rings is 1. The van der Waals surface area contributed by atoms with Crippen LogP contribution in [0.25, 0.3) is 0 Å². The van der Waals surface area contributed by atoms with Crippen molar-refractivity contribution in [3.8, 4) is 0 Å². The predicted octanol–water partition coefficient (Wildman–Crippen LogP) is 0.219. The Morgan fingerprint density at radius 1 is 1.56 bits per heavy atom. The standard InChI is InChI=1S/C10H10ClN3O2/c11-7-1-2-8-6(3-7)4-10(16)14(8)5-9(15)13-12/h1-3H,4-5,12H2,(H,13,15). The van der Waals surface area contributed by atoms with Gasteiger partial charge in [0, 0.05) is 10.7 Å². The Balaban J connectivity index is 2.29. The first-order chi connectivity index (χ1) is 7.61. The molecule has 1 aliphatic rings. The van der Waals surface area contributed by atoms with Crippen molar-refractivity contribution in [2.75, 3.05) is 11.4 Å². The summed E-state index contributed by atoms with van der Waals surface area (Å²) in [7, 11) is 0.